The van der Waals surface area contributed by atoms with Crippen LogP contribution in [0.2, 0.25) is 0 Å². The summed E-state index contributed by atoms with van der Waals surface area (Å²) in [5.41, 5.74) is 5.06. The number of carbonyl (C=O) groups excluding carboxylic acids is 2. The minimum Gasteiger partial charge on any atom is -0.376 e. The fraction of sp³-hybridized carbons (Fsp3) is 0.636. The molecule has 1 fully saturated rings. The van der Waals surface area contributed by atoms with Gasteiger partial charge in [0.25, 0.3) is 0 Å². The number of thioether (sulfide) groups is 2. The van der Waals surface area contributed by atoms with E-state index in [2.05, 4.69) is 15.5 Å². The number of hydrogen-bond donors (Lipinski definition) is 2. The lowest BCUT2D eigenvalue weighted by Gasteiger charge is -2.09. The van der Waals surface area contributed by atoms with Gasteiger partial charge in [-0.15, -0.1) is 10.2 Å². The van der Waals surface area contributed by atoms with Crippen LogP contribution in [-0.2, 0) is 14.3 Å². The fourth-order valence-corrected chi connectivity index (χ4v) is 4.25. The minimum absolute atomic E-state index is 0.0444. The average Bonchev–Trinajstić information content (AvgIpc) is 3.12. The Bertz CT molecular complexity index is 491. The molecule has 3 N–H and O–H groups in total. The maximum absolute atomic E-state index is 11.7. The first-order chi connectivity index (χ1) is 10.1. The Balaban J connectivity index is 1.65. The molecule has 1 saturated heterocycles. The SMILES string of the molecule is NC(=O)CSc1nnc(SCC(=O)NCC2CCCO2)s1. The highest BCUT2D eigenvalue weighted by Crippen LogP contribution is 2.28. The Labute approximate surface area is 134 Å². The number of aromatic nitrogens is 2. The zero-order chi connectivity index (χ0) is 15.1. The summed E-state index contributed by atoms with van der Waals surface area (Å²) in [6.45, 7) is 1.35. The van der Waals surface area contributed by atoms with Crippen molar-refractivity contribution >= 4 is 46.7 Å². The van der Waals surface area contributed by atoms with Crippen LogP contribution in [0.4, 0.5) is 0 Å². The van der Waals surface area contributed by atoms with Crippen molar-refractivity contribution < 1.29 is 14.3 Å². The van der Waals surface area contributed by atoms with E-state index in [0.29, 0.717) is 21.0 Å². The summed E-state index contributed by atoms with van der Waals surface area (Å²) in [7, 11) is 0. The molecule has 1 unspecified atom stereocenters. The largest absolute Gasteiger partial charge is 0.376 e. The summed E-state index contributed by atoms with van der Waals surface area (Å²) in [6, 6.07) is 0. The predicted molar refractivity (Wildman–Crippen MR) is 82.5 cm³/mol. The van der Waals surface area contributed by atoms with E-state index in [9.17, 15) is 9.59 Å². The average molecular weight is 348 g/mol. The van der Waals surface area contributed by atoms with E-state index in [0.717, 1.165) is 19.4 Å². The lowest BCUT2D eigenvalue weighted by Crippen LogP contribution is -2.32. The first-order valence-electron chi connectivity index (χ1n) is 6.39. The van der Waals surface area contributed by atoms with E-state index in [4.69, 9.17) is 10.5 Å². The van der Waals surface area contributed by atoms with Crippen LogP contribution in [0.5, 0.6) is 0 Å². The van der Waals surface area contributed by atoms with E-state index >= 15 is 0 Å². The molecule has 2 amide bonds. The Morgan fingerprint density at radius 1 is 1.33 bits per heavy atom. The van der Waals surface area contributed by atoms with Crippen LogP contribution in [-0.4, -0.2) is 52.8 Å². The molecule has 1 aliphatic rings. The summed E-state index contributed by atoms with van der Waals surface area (Å²) < 4.78 is 6.81. The van der Waals surface area contributed by atoms with E-state index in [1.807, 2.05) is 0 Å². The standard InChI is InChI=1S/C11H16N4O3S3/c12-8(16)5-19-10-14-15-11(21-10)20-6-9(17)13-4-7-2-1-3-18-7/h7H,1-6H2,(H2,12,16)(H,13,17). The number of carbonyl (C=O) groups is 2. The first-order valence-corrected chi connectivity index (χ1v) is 9.18. The van der Waals surface area contributed by atoms with E-state index < -0.39 is 5.91 Å². The second-order valence-electron chi connectivity index (χ2n) is 4.32. The Morgan fingerprint density at radius 2 is 2.05 bits per heavy atom. The first kappa shape index (κ1) is 16.5. The highest BCUT2D eigenvalue weighted by atomic mass is 32.2. The highest BCUT2D eigenvalue weighted by molar-refractivity contribution is 8.03. The Kier molecular flexibility index (Phi) is 6.74. The summed E-state index contributed by atoms with van der Waals surface area (Å²) >= 11 is 3.93. The molecule has 1 aromatic heterocycles. The second kappa shape index (κ2) is 8.57. The van der Waals surface area contributed by atoms with Crippen molar-refractivity contribution in [2.75, 3.05) is 24.7 Å². The van der Waals surface area contributed by atoms with Gasteiger partial charge in [-0.2, -0.15) is 0 Å². The fourth-order valence-electron chi connectivity index (χ4n) is 1.66. The van der Waals surface area contributed by atoms with Crippen LogP contribution in [0, 0.1) is 0 Å². The minimum atomic E-state index is -0.391. The van der Waals surface area contributed by atoms with Crippen molar-refractivity contribution in [2.45, 2.75) is 27.6 Å². The summed E-state index contributed by atoms with van der Waals surface area (Å²) in [6.07, 6.45) is 2.22. The van der Waals surface area contributed by atoms with Gasteiger partial charge in [0.05, 0.1) is 17.6 Å². The quantitative estimate of drug-likeness (QED) is 0.659. The van der Waals surface area contributed by atoms with Crippen LogP contribution in [0.3, 0.4) is 0 Å². The van der Waals surface area contributed by atoms with Crippen molar-refractivity contribution in [1.29, 1.82) is 0 Å². The van der Waals surface area contributed by atoms with Crippen LogP contribution in [0.1, 0.15) is 12.8 Å². The molecule has 10 heteroatoms. The lowest BCUT2D eigenvalue weighted by molar-refractivity contribution is -0.119. The molecule has 1 aromatic rings. The Morgan fingerprint density at radius 3 is 2.67 bits per heavy atom. The molecule has 21 heavy (non-hydrogen) atoms. The van der Waals surface area contributed by atoms with Gasteiger partial charge in [0.1, 0.15) is 0 Å². The molecule has 0 aliphatic carbocycles. The topological polar surface area (TPSA) is 107 Å². The molecular formula is C11H16N4O3S3. The van der Waals surface area contributed by atoms with Crippen LogP contribution < -0.4 is 11.1 Å². The third-order valence-corrected chi connectivity index (χ3v) is 5.82. The smallest absolute Gasteiger partial charge is 0.230 e. The van der Waals surface area contributed by atoms with Crippen molar-refractivity contribution in [3.05, 3.63) is 0 Å². The number of rotatable bonds is 8. The number of nitrogens with two attached hydrogens (primary N) is 1. The molecule has 7 nitrogen and oxygen atoms in total. The molecule has 2 rings (SSSR count). The zero-order valence-corrected chi connectivity index (χ0v) is 13.7. The van der Waals surface area contributed by atoms with Gasteiger partial charge >= 0.3 is 0 Å². The molecule has 0 aromatic carbocycles. The number of amides is 2. The van der Waals surface area contributed by atoms with Crippen LogP contribution in [0.25, 0.3) is 0 Å². The number of nitrogens with one attached hydrogen (secondary N) is 1. The van der Waals surface area contributed by atoms with Crippen molar-refractivity contribution in [3.63, 3.8) is 0 Å². The van der Waals surface area contributed by atoms with E-state index in [1.54, 1.807) is 0 Å². The molecular weight excluding hydrogens is 332 g/mol. The predicted octanol–water partition coefficient (Wildman–Crippen LogP) is 0.503. The van der Waals surface area contributed by atoms with Gasteiger partial charge in [0, 0.05) is 13.2 Å². The third kappa shape index (κ3) is 6.20. The van der Waals surface area contributed by atoms with E-state index in [1.165, 1.54) is 34.9 Å². The lowest BCUT2D eigenvalue weighted by atomic mass is 10.2. The number of nitrogens with zero attached hydrogens (tertiary/aromatic N) is 2. The maximum atomic E-state index is 11.7. The molecule has 0 spiro atoms. The van der Waals surface area contributed by atoms with Crippen molar-refractivity contribution in [3.8, 4) is 0 Å². The molecule has 0 saturated carbocycles. The van der Waals surface area contributed by atoms with Gasteiger partial charge in [-0.1, -0.05) is 34.9 Å². The number of primary amides is 1. The summed E-state index contributed by atoms with van der Waals surface area (Å²) in [5, 5.41) is 10.7. The second-order valence-corrected chi connectivity index (χ2v) is 7.74. The van der Waals surface area contributed by atoms with Crippen molar-refractivity contribution in [2.24, 2.45) is 5.73 Å². The summed E-state index contributed by atoms with van der Waals surface area (Å²) in [5.74, 6) is 0.0400. The van der Waals surface area contributed by atoms with Gasteiger partial charge < -0.3 is 15.8 Å². The van der Waals surface area contributed by atoms with E-state index in [-0.39, 0.29) is 17.8 Å². The number of ether oxygens (including phenoxy) is 1. The zero-order valence-electron chi connectivity index (χ0n) is 11.2. The Hall–Kier alpha value is -0.840. The van der Waals surface area contributed by atoms with Gasteiger partial charge in [-0.3, -0.25) is 9.59 Å². The summed E-state index contributed by atoms with van der Waals surface area (Å²) in [4.78, 5) is 22.4. The third-order valence-electron chi connectivity index (χ3n) is 2.60. The number of hydrogen-bond acceptors (Lipinski definition) is 8. The van der Waals surface area contributed by atoms with Gasteiger partial charge in [0.2, 0.25) is 11.8 Å². The highest BCUT2D eigenvalue weighted by Gasteiger charge is 2.16. The molecule has 2 heterocycles. The van der Waals surface area contributed by atoms with Crippen molar-refractivity contribution in [1.82, 2.24) is 15.5 Å². The molecule has 1 atom stereocenters. The van der Waals surface area contributed by atoms with Gasteiger partial charge in [-0.25, -0.2) is 0 Å². The molecule has 0 radical (unpaired) electrons. The van der Waals surface area contributed by atoms with Gasteiger partial charge in [0.15, 0.2) is 8.68 Å². The molecule has 0 bridgehead atoms. The maximum Gasteiger partial charge on any atom is 0.230 e. The normalized spacial score (nSPS) is 17.8. The van der Waals surface area contributed by atoms with Gasteiger partial charge in [-0.05, 0) is 12.8 Å². The molecule has 1 aliphatic heterocycles. The monoisotopic (exact) mass is 348 g/mol. The van der Waals surface area contributed by atoms with Crippen LogP contribution >= 0.6 is 34.9 Å². The molecule has 116 valence electrons. The van der Waals surface area contributed by atoms with Crippen LogP contribution in [0.15, 0.2) is 8.68 Å².